The summed E-state index contributed by atoms with van der Waals surface area (Å²) in [5.74, 6) is 1.23. The quantitative estimate of drug-likeness (QED) is 0.643. The van der Waals surface area contributed by atoms with Gasteiger partial charge in [0.05, 0.1) is 4.90 Å². The first kappa shape index (κ1) is 21.6. The van der Waals surface area contributed by atoms with Crippen molar-refractivity contribution < 1.29 is 27.4 Å². The highest BCUT2D eigenvalue weighted by Crippen LogP contribution is 2.40. The van der Waals surface area contributed by atoms with Crippen LogP contribution in [0.25, 0.3) is 0 Å². The molecule has 2 N–H and O–H groups in total. The minimum Gasteiger partial charge on any atom is -0.454 e. The smallest absolute Gasteiger partial charge is 0.240 e. The molecule has 0 atom stereocenters. The zero-order valence-corrected chi connectivity index (χ0v) is 17.9. The van der Waals surface area contributed by atoms with Gasteiger partial charge in [0.25, 0.3) is 0 Å². The van der Waals surface area contributed by atoms with Crippen molar-refractivity contribution in [2.45, 2.75) is 29.6 Å². The highest BCUT2D eigenvalue weighted by molar-refractivity contribution is 7.89. The van der Waals surface area contributed by atoms with E-state index in [1.165, 1.54) is 12.1 Å². The fraction of sp³-hybridized carbons (Fsp3) is 0.409. The Bertz CT molecular complexity index is 1020. The van der Waals surface area contributed by atoms with Gasteiger partial charge in [0, 0.05) is 38.1 Å². The van der Waals surface area contributed by atoms with Crippen LogP contribution in [0.5, 0.6) is 11.5 Å². The van der Waals surface area contributed by atoms with Gasteiger partial charge in [-0.1, -0.05) is 24.3 Å². The molecule has 2 aliphatic rings. The summed E-state index contributed by atoms with van der Waals surface area (Å²) in [4.78, 5) is 12.6. The molecule has 9 heteroatoms. The molecule has 0 unspecified atom stereocenters. The Balaban J connectivity index is 1.35. The lowest BCUT2D eigenvalue weighted by atomic mass is 9.74. The predicted octanol–water partition coefficient (Wildman–Crippen LogP) is 1.95. The second-order valence-corrected chi connectivity index (χ2v) is 9.47. The van der Waals surface area contributed by atoms with Gasteiger partial charge in [-0.2, -0.15) is 0 Å². The third-order valence-corrected chi connectivity index (χ3v) is 7.23. The van der Waals surface area contributed by atoms with E-state index in [0.29, 0.717) is 25.5 Å². The molecule has 0 spiro atoms. The Labute approximate surface area is 181 Å². The summed E-state index contributed by atoms with van der Waals surface area (Å²) in [6.45, 7) is 1.91. The lowest BCUT2D eigenvalue weighted by Crippen LogP contribution is -2.45. The first-order valence-corrected chi connectivity index (χ1v) is 11.8. The van der Waals surface area contributed by atoms with Gasteiger partial charge in [-0.05, 0) is 42.7 Å². The maximum atomic E-state index is 12.4. The van der Waals surface area contributed by atoms with Crippen molar-refractivity contribution >= 4 is 15.9 Å². The Kier molecular flexibility index (Phi) is 6.45. The number of hydrogen-bond donors (Lipinski definition) is 2. The van der Waals surface area contributed by atoms with Gasteiger partial charge in [-0.3, -0.25) is 4.79 Å². The van der Waals surface area contributed by atoms with Crippen molar-refractivity contribution in [1.82, 2.24) is 10.0 Å². The van der Waals surface area contributed by atoms with Gasteiger partial charge in [0.1, 0.15) is 0 Å². The van der Waals surface area contributed by atoms with E-state index in [0.717, 1.165) is 24.2 Å². The summed E-state index contributed by atoms with van der Waals surface area (Å²) in [7, 11) is -3.62. The molecule has 8 nitrogen and oxygen atoms in total. The number of nitrogens with one attached hydrogen (secondary N) is 2. The SMILES string of the molecule is O=C(CCNS(=O)(=O)c1ccccc1)NCC1(c2ccc3c(c2)OCO3)CCOCC1. The van der Waals surface area contributed by atoms with Crippen LogP contribution in [0.1, 0.15) is 24.8 Å². The third-order valence-electron chi connectivity index (χ3n) is 5.76. The molecular formula is C22H26N2O6S. The average Bonchev–Trinajstić information content (AvgIpc) is 3.27. The number of rotatable bonds is 8. The van der Waals surface area contributed by atoms with E-state index in [1.807, 2.05) is 18.2 Å². The summed E-state index contributed by atoms with van der Waals surface area (Å²) < 4.78 is 43.5. The maximum Gasteiger partial charge on any atom is 0.240 e. The number of carbonyl (C=O) groups excluding carboxylic acids is 1. The number of carbonyl (C=O) groups is 1. The minimum atomic E-state index is -3.62. The van der Waals surface area contributed by atoms with Crippen LogP contribution >= 0.6 is 0 Å². The van der Waals surface area contributed by atoms with Crippen molar-refractivity contribution in [2.75, 3.05) is 33.1 Å². The molecule has 2 heterocycles. The summed E-state index contributed by atoms with van der Waals surface area (Å²) in [5.41, 5.74) is 0.809. The van der Waals surface area contributed by atoms with Crippen LogP contribution in [0.2, 0.25) is 0 Å². The number of sulfonamides is 1. The zero-order chi connectivity index (χ0) is 21.7. The highest BCUT2D eigenvalue weighted by Gasteiger charge is 2.36. The molecule has 1 amide bonds. The molecule has 2 aliphatic heterocycles. The normalized spacial score (nSPS) is 17.3. The number of benzene rings is 2. The summed E-state index contributed by atoms with van der Waals surface area (Å²) in [5, 5.41) is 2.98. The van der Waals surface area contributed by atoms with Crippen LogP contribution in [-0.2, 0) is 25.0 Å². The van der Waals surface area contributed by atoms with E-state index >= 15 is 0 Å². The van der Waals surface area contributed by atoms with E-state index in [9.17, 15) is 13.2 Å². The van der Waals surface area contributed by atoms with Gasteiger partial charge in [-0.25, -0.2) is 13.1 Å². The van der Waals surface area contributed by atoms with Crippen LogP contribution in [0.4, 0.5) is 0 Å². The van der Waals surface area contributed by atoms with Crippen LogP contribution in [0.15, 0.2) is 53.4 Å². The van der Waals surface area contributed by atoms with E-state index < -0.39 is 10.0 Å². The van der Waals surface area contributed by atoms with E-state index in [2.05, 4.69) is 10.0 Å². The van der Waals surface area contributed by atoms with Crippen LogP contribution in [0.3, 0.4) is 0 Å². The van der Waals surface area contributed by atoms with Crippen molar-refractivity contribution in [3.63, 3.8) is 0 Å². The number of amides is 1. The maximum absolute atomic E-state index is 12.4. The molecule has 2 aromatic rings. The van der Waals surface area contributed by atoms with Crippen molar-refractivity contribution in [3.05, 3.63) is 54.1 Å². The average molecular weight is 447 g/mol. The Hall–Kier alpha value is -2.62. The van der Waals surface area contributed by atoms with Gasteiger partial charge < -0.3 is 19.5 Å². The monoisotopic (exact) mass is 446 g/mol. The summed E-state index contributed by atoms with van der Waals surface area (Å²) in [6.07, 6.45) is 1.60. The highest BCUT2D eigenvalue weighted by atomic mass is 32.2. The Morgan fingerprint density at radius 3 is 2.52 bits per heavy atom. The van der Waals surface area contributed by atoms with Crippen LogP contribution < -0.4 is 19.5 Å². The number of ether oxygens (including phenoxy) is 3. The fourth-order valence-corrected chi connectivity index (χ4v) is 4.95. The standard InChI is InChI=1S/C22H26N2O6S/c25-21(8-11-24-31(26,27)18-4-2-1-3-5-18)23-15-22(9-12-28-13-10-22)17-6-7-19-20(14-17)30-16-29-19/h1-7,14,24H,8-13,15-16H2,(H,23,25). The third kappa shape index (κ3) is 5.00. The fourth-order valence-electron chi connectivity index (χ4n) is 3.89. The predicted molar refractivity (Wildman–Crippen MR) is 114 cm³/mol. The second kappa shape index (κ2) is 9.25. The molecule has 1 saturated heterocycles. The summed E-state index contributed by atoms with van der Waals surface area (Å²) >= 11 is 0. The lowest BCUT2D eigenvalue weighted by molar-refractivity contribution is -0.121. The Morgan fingerprint density at radius 2 is 1.74 bits per heavy atom. The molecule has 1 fully saturated rings. The second-order valence-electron chi connectivity index (χ2n) is 7.70. The number of hydrogen-bond acceptors (Lipinski definition) is 6. The van der Waals surface area contributed by atoms with Crippen molar-refractivity contribution in [1.29, 1.82) is 0 Å². The molecule has 31 heavy (non-hydrogen) atoms. The van der Waals surface area contributed by atoms with Gasteiger partial charge >= 0.3 is 0 Å². The van der Waals surface area contributed by atoms with E-state index in [4.69, 9.17) is 14.2 Å². The van der Waals surface area contributed by atoms with E-state index in [-0.39, 0.29) is 36.0 Å². The summed E-state index contributed by atoms with van der Waals surface area (Å²) in [6, 6.07) is 14.0. The molecular weight excluding hydrogens is 420 g/mol. The Morgan fingerprint density at radius 1 is 1.00 bits per heavy atom. The van der Waals surface area contributed by atoms with Gasteiger partial charge in [0.15, 0.2) is 11.5 Å². The molecule has 4 rings (SSSR count). The first-order valence-electron chi connectivity index (χ1n) is 10.3. The minimum absolute atomic E-state index is 0.0309. The van der Waals surface area contributed by atoms with Crippen molar-refractivity contribution in [2.24, 2.45) is 0 Å². The first-order chi connectivity index (χ1) is 15.0. The van der Waals surface area contributed by atoms with Crippen LogP contribution in [-0.4, -0.2) is 47.4 Å². The number of fused-ring (bicyclic) bond motifs is 1. The molecule has 0 aliphatic carbocycles. The molecule has 0 radical (unpaired) electrons. The van der Waals surface area contributed by atoms with Gasteiger partial charge in [0.2, 0.25) is 22.7 Å². The lowest BCUT2D eigenvalue weighted by Gasteiger charge is -2.38. The zero-order valence-electron chi connectivity index (χ0n) is 17.1. The molecule has 166 valence electrons. The van der Waals surface area contributed by atoms with Crippen LogP contribution in [0, 0.1) is 0 Å². The largest absolute Gasteiger partial charge is 0.454 e. The molecule has 0 bridgehead atoms. The molecule has 2 aromatic carbocycles. The topological polar surface area (TPSA) is 103 Å². The van der Waals surface area contributed by atoms with Gasteiger partial charge in [-0.15, -0.1) is 0 Å². The van der Waals surface area contributed by atoms with Crippen molar-refractivity contribution in [3.8, 4) is 11.5 Å². The molecule has 0 aromatic heterocycles. The molecule has 0 saturated carbocycles. The van der Waals surface area contributed by atoms with E-state index in [1.54, 1.807) is 18.2 Å².